The summed E-state index contributed by atoms with van der Waals surface area (Å²) >= 11 is 3.39. The van der Waals surface area contributed by atoms with Gasteiger partial charge >= 0.3 is 5.69 Å². The Hall–Kier alpha value is -3.47. The van der Waals surface area contributed by atoms with E-state index < -0.39 is 0 Å². The van der Waals surface area contributed by atoms with Gasteiger partial charge in [0.1, 0.15) is 17.3 Å². The molecule has 6 rings (SSSR count). The predicted molar refractivity (Wildman–Crippen MR) is 124 cm³/mol. The van der Waals surface area contributed by atoms with Crippen LogP contribution in [-0.2, 0) is 7.05 Å². The van der Waals surface area contributed by atoms with Crippen molar-refractivity contribution in [2.75, 3.05) is 18.0 Å². The number of nitrogens with one attached hydrogen (secondary N) is 1. The molecule has 162 valence electrons. The summed E-state index contributed by atoms with van der Waals surface area (Å²) in [7, 11) is 1.94. The third kappa shape index (κ3) is 2.95. The minimum Gasteiger partial charge on any atom is -0.354 e. The molecule has 1 aliphatic rings. The molecule has 0 spiro atoms. The fraction of sp³-hybridized carbons (Fsp3) is 0.286. The molecule has 0 saturated carbocycles. The highest BCUT2D eigenvalue weighted by molar-refractivity contribution is 9.10. The number of benzene rings is 1. The van der Waals surface area contributed by atoms with Crippen LogP contribution in [0.15, 0.2) is 52.5 Å². The maximum atomic E-state index is 12.6. The lowest BCUT2D eigenvalue weighted by Crippen LogP contribution is -2.37. The zero-order valence-electron chi connectivity index (χ0n) is 17.3. The SMILES string of the molecule is Cn1c(-n2cnc(Br)c2)nc2c(N3CCC(n4c(=O)[nH]c5ccccc54)CC3)ncnc21. The first kappa shape index (κ1) is 19.2. The van der Waals surface area contributed by atoms with Gasteiger partial charge in [-0.1, -0.05) is 12.1 Å². The number of aromatic nitrogens is 8. The minimum absolute atomic E-state index is 0.0464. The zero-order valence-corrected chi connectivity index (χ0v) is 18.9. The zero-order chi connectivity index (χ0) is 21.8. The Balaban J connectivity index is 1.32. The van der Waals surface area contributed by atoms with Crippen LogP contribution in [-0.4, -0.2) is 51.7 Å². The van der Waals surface area contributed by atoms with Gasteiger partial charge in [0.2, 0.25) is 5.95 Å². The first-order valence-electron chi connectivity index (χ1n) is 10.4. The van der Waals surface area contributed by atoms with Crippen molar-refractivity contribution in [3.63, 3.8) is 0 Å². The van der Waals surface area contributed by atoms with Gasteiger partial charge in [0.15, 0.2) is 17.0 Å². The van der Waals surface area contributed by atoms with E-state index in [1.165, 1.54) is 0 Å². The minimum atomic E-state index is -0.0464. The number of para-hydroxylation sites is 2. The first-order chi connectivity index (χ1) is 15.6. The van der Waals surface area contributed by atoms with Gasteiger partial charge < -0.3 is 9.88 Å². The van der Waals surface area contributed by atoms with Crippen molar-refractivity contribution in [2.45, 2.75) is 18.9 Å². The molecule has 0 radical (unpaired) electrons. The second-order valence-corrected chi connectivity index (χ2v) is 8.79. The van der Waals surface area contributed by atoms with Gasteiger partial charge in [-0.15, -0.1) is 0 Å². The summed E-state index contributed by atoms with van der Waals surface area (Å²) in [5.41, 5.74) is 3.32. The summed E-state index contributed by atoms with van der Waals surface area (Å²) in [4.78, 5) is 35.9. The summed E-state index contributed by atoms with van der Waals surface area (Å²) in [6.07, 6.45) is 6.85. The van der Waals surface area contributed by atoms with Crippen LogP contribution in [0.4, 0.5) is 5.82 Å². The van der Waals surface area contributed by atoms with Crippen molar-refractivity contribution < 1.29 is 0 Å². The average molecular weight is 494 g/mol. The average Bonchev–Trinajstić information content (AvgIpc) is 3.48. The fourth-order valence-electron chi connectivity index (χ4n) is 4.62. The van der Waals surface area contributed by atoms with E-state index in [1.807, 2.05) is 51.2 Å². The monoisotopic (exact) mass is 493 g/mol. The van der Waals surface area contributed by atoms with Crippen molar-refractivity contribution in [1.29, 1.82) is 0 Å². The Morgan fingerprint density at radius 1 is 1.12 bits per heavy atom. The van der Waals surface area contributed by atoms with Crippen LogP contribution in [0.1, 0.15) is 18.9 Å². The molecule has 5 heterocycles. The molecule has 4 aromatic heterocycles. The molecule has 1 saturated heterocycles. The third-order valence-electron chi connectivity index (χ3n) is 6.15. The van der Waals surface area contributed by atoms with Crippen LogP contribution in [0.5, 0.6) is 0 Å². The Kier molecular flexibility index (Phi) is 4.39. The third-order valence-corrected chi connectivity index (χ3v) is 6.56. The molecule has 0 amide bonds. The maximum absolute atomic E-state index is 12.6. The van der Waals surface area contributed by atoms with Crippen LogP contribution in [0, 0.1) is 0 Å². The number of imidazole rings is 3. The number of anilines is 1. The number of H-pyrrole nitrogens is 1. The topological polar surface area (TPSA) is 102 Å². The van der Waals surface area contributed by atoms with E-state index >= 15 is 0 Å². The number of piperidine rings is 1. The standard InChI is InChI=1S/C21H20BrN9O/c1-28-18-17(27-20(28)30-10-16(22)25-12-30)19(24-11-23-18)29-8-6-13(7-9-29)31-15-5-3-2-4-14(15)26-21(31)32/h2-5,10-13H,6-9H2,1H3,(H,26,32). The number of hydrogen-bond donors (Lipinski definition) is 1. The molecule has 10 nitrogen and oxygen atoms in total. The number of rotatable bonds is 3. The van der Waals surface area contributed by atoms with E-state index in [0.717, 1.165) is 64.5 Å². The van der Waals surface area contributed by atoms with Crippen molar-refractivity contribution in [1.82, 2.24) is 38.6 Å². The number of nitrogens with zero attached hydrogens (tertiary/aromatic N) is 8. The van der Waals surface area contributed by atoms with Gasteiger partial charge in [-0.2, -0.15) is 0 Å². The van der Waals surface area contributed by atoms with Gasteiger partial charge in [0.25, 0.3) is 0 Å². The highest BCUT2D eigenvalue weighted by atomic mass is 79.9. The van der Waals surface area contributed by atoms with Crippen LogP contribution in [0.25, 0.3) is 28.1 Å². The maximum Gasteiger partial charge on any atom is 0.326 e. The van der Waals surface area contributed by atoms with Crippen molar-refractivity contribution >= 4 is 43.9 Å². The Labute approximate surface area is 190 Å². The van der Waals surface area contributed by atoms with Crippen molar-refractivity contribution in [3.8, 4) is 5.95 Å². The van der Waals surface area contributed by atoms with E-state index in [4.69, 9.17) is 4.98 Å². The highest BCUT2D eigenvalue weighted by Crippen LogP contribution is 2.30. The van der Waals surface area contributed by atoms with Crippen LogP contribution in [0.2, 0.25) is 0 Å². The molecular formula is C21H20BrN9O. The summed E-state index contributed by atoms with van der Waals surface area (Å²) in [6.45, 7) is 1.57. The molecule has 0 atom stereocenters. The molecule has 1 aliphatic heterocycles. The predicted octanol–water partition coefficient (Wildman–Crippen LogP) is 2.80. The molecule has 1 N–H and O–H groups in total. The normalized spacial score (nSPS) is 15.2. The van der Waals surface area contributed by atoms with Crippen molar-refractivity contribution in [2.24, 2.45) is 7.05 Å². The molecule has 0 aliphatic carbocycles. The second kappa shape index (κ2) is 7.30. The van der Waals surface area contributed by atoms with E-state index in [2.05, 4.69) is 40.8 Å². The van der Waals surface area contributed by atoms with Gasteiger partial charge in [-0.3, -0.25) is 13.7 Å². The Bertz CT molecular complexity index is 1500. The summed E-state index contributed by atoms with van der Waals surface area (Å²) in [5, 5.41) is 0. The van der Waals surface area contributed by atoms with Gasteiger partial charge in [-0.05, 0) is 40.9 Å². The van der Waals surface area contributed by atoms with Gasteiger partial charge in [0, 0.05) is 32.4 Å². The molecule has 5 aromatic rings. The summed E-state index contributed by atoms with van der Waals surface area (Å²) < 4.78 is 6.43. The Morgan fingerprint density at radius 2 is 1.94 bits per heavy atom. The second-order valence-electron chi connectivity index (χ2n) is 7.98. The lowest BCUT2D eigenvalue weighted by molar-refractivity contribution is 0.395. The molecular weight excluding hydrogens is 474 g/mol. The molecule has 32 heavy (non-hydrogen) atoms. The highest BCUT2D eigenvalue weighted by Gasteiger charge is 2.26. The number of aryl methyl sites for hydroxylation is 1. The number of fused-ring (bicyclic) bond motifs is 2. The number of halogens is 1. The van der Waals surface area contributed by atoms with E-state index in [9.17, 15) is 4.79 Å². The lowest BCUT2D eigenvalue weighted by Gasteiger charge is -2.33. The van der Waals surface area contributed by atoms with Crippen LogP contribution in [0.3, 0.4) is 0 Å². The van der Waals surface area contributed by atoms with Crippen molar-refractivity contribution in [3.05, 3.63) is 58.2 Å². The quantitative estimate of drug-likeness (QED) is 0.414. The van der Waals surface area contributed by atoms with Gasteiger partial charge in [-0.25, -0.2) is 24.7 Å². The summed E-state index contributed by atoms with van der Waals surface area (Å²) in [6, 6.07) is 8.00. The first-order valence-corrected chi connectivity index (χ1v) is 11.2. The fourth-order valence-corrected chi connectivity index (χ4v) is 4.93. The lowest BCUT2D eigenvalue weighted by atomic mass is 10.0. The molecule has 0 unspecified atom stereocenters. The Morgan fingerprint density at radius 3 is 2.72 bits per heavy atom. The number of aromatic amines is 1. The van der Waals surface area contributed by atoms with Crippen LogP contribution >= 0.6 is 15.9 Å². The molecule has 0 bridgehead atoms. The van der Waals surface area contributed by atoms with E-state index in [-0.39, 0.29) is 11.7 Å². The van der Waals surface area contributed by atoms with Gasteiger partial charge in [0.05, 0.1) is 11.0 Å². The van der Waals surface area contributed by atoms with Crippen LogP contribution < -0.4 is 10.6 Å². The smallest absolute Gasteiger partial charge is 0.326 e. The number of hydrogen-bond acceptors (Lipinski definition) is 6. The van der Waals surface area contributed by atoms with E-state index in [0.29, 0.717) is 0 Å². The molecule has 1 aromatic carbocycles. The molecule has 1 fully saturated rings. The largest absolute Gasteiger partial charge is 0.354 e. The molecule has 11 heteroatoms. The van der Waals surface area contributed by atoms with E-state index in [1.54, 1.807) is 12.7 Å². The summed E-state index contributed by atoms with van der Waals surface area (Å²) in [5.74, 6) is 1.54.